The third-order valence-electron chi connectivity index (χ3n) is 4.65. The topological polar surface area (TPSA) is 123 Å². The van der Waals surface area contributed by atoms with Crippen LogP contribution in [-0.2, 0) is 0 Å². The predicted octanol–water partition coefficient (Wildman–Crippen LogP) is 3.57. The SMILES string of the molecule is O=[N+]([O-])c1ccc([C@H](Nc2[nH+]cccc2O)c2ccc3cccnc3c2O)cc1. The summed E-state index contributed by atoms with van der Waals surface area (Å²) >= 11 is 0. The number of hydrogen-bond acceptors (Lipinski definition) is 6. The van der Waals surface area contributed by atoms with E-state index in [1.807, 2.05) is 12.1 Å². The lowest BCUT2D eigenvalue weighted by Crippen LogP contribution is -2.19. The Morgan fingerprint density at radius 1 is 1.03 bits per heavy atom. The van der Waals surface area contributed by atoms with E-state index in [4.69, 9.17) is 0 Å². The minimum Gasteiger partial charge on any atom is -0.505 e. The Morgan fingerprint density at radius 3 is 2.55 bits per heavy atom. The molecule has 4 N–H and O–H groups in total. The first-order chi connectivity index (χ1) is 14.0. The number of aromatic hydroxyl groups is 2. The van der Waals surface area contributed by atoms with Crippen LogP contribution >= 0.6 is 0 Å². The Hall–Kier alpha value is -4.20. The summed E-state index contributed by atoms with van der Waals surface area (Å²) in [4.78, 5) is 17.7. The molecule has 0 radical (unpaired) electrons. The number of nitrogens with zero attached hydrogens (tertiary/aromatic N) is 2. The van der Waals surface area contributed by atoms with Gasteiger partial charge in [-0.2, -0.15) is 0 Å². The van der Waals surface area contributed by atoms with E-state index in [1.165, 1.54) is 18.2 Å². The average molecular weight is 389 g/mol. The van der Waals surface area contributed by atoms with Crippen LogP contribution in [0, 0.1) is 10.1 Å². The predicted molar refractivity (Wildman–Crippen MR) is 107 cm³/mol. The summed E-state index contributed by atoms with van der Waals surface area (Å²) in [6.07, 6.45) is 3.24. The van der Waals surface area contributed by atoms with Crippen molar-refractivity contribution in [1.29, 1.82) is 0 Å². The smallest absolute Gasteiger partial charge is 0.315 e. The molecule has 0 unspecified atom stereocenters. The van der Waals surface area contributed by atoms with Crippen LogP contribution in [0.3, 0.4) is 0 Å². The maximum Gasteiger partial charge on any atom is 0.315 e. The third kappa shape index (κ3) is 3.51. The number of fused-ring (bicyclic) bond motifs is 1. The van der Waals surface area contributed by atoms with Crippen LogP contribution < -0.4 is 10.3 Å². The van der Waals surface area contributed by atoms with E-state index in [2.05, 4.69) is 15.3 Å². The summed E-state index contributed by atoms with van der Waals surface area (Å²) in [6, 6.07) is 15.8. The zero-order chi connectivity index (χ0) is 20.4. The van der Waals surface area contributed by atoms with Gasteiger partial charge in [0.15, 0.2) is 0 Å². The number of anilines is 1. The van der Waals surface area contributed by atoms with Gasteiger partial charge in [0, 0.05) is 34.8 Å². The molecule has 0 aliphatic heterocycles. The van der Waals surface area contributed by atoms with E-state index < -0.39 is 11.0 Å². The van der Waals surface area contributed by atoms with Gasteiger partial charge in [-0.05, 0) is 36.4 Å². The summed E-state index contributed by atoms with van der Waals surface area (Å²) in [7, 11) is 0. The molecule has 0 fully saturated rings. The number of aromatic amines is 1. The van der Waals surface area contributed by atoms with Gasteiger partial charge in [0.2, 0.25) is 5.75 Å². The number of nitrogens with one attached hydrogen (secondary N) is 2. The van der Waals surface area contributed by atoms with Gasteiger partial charge in [0.05, 0.1) is 11.1 Å². The van der Waals surface area contributed by atoms with Crippen molar-refractivity contribution in [2.75, 3.05) is 5.32 Å². The highest BCUT2D eigenvalue weighted by molar-refractivity contribution is 5.86. The Bertz CT molecular complexity index is 1190. The molecule has 8 nitrogen and oxygen atoms in total. The number of phenols is 1. The summed E-state index contributed by atoms with van der Waals surface area (Å²) in [5.74, 6) is 0.337. The minimum absolute atomic E-state index is 0.00202. The van der Waals surface area contributed by atoms with Gasteiger partial charge in [0.1, 0.15) is 17.3 Å². The number of aromatic nitrogens is 2. The molecular formula is C21H17N4O4+. The van der Waals surface area contributed by atoms with Gasteiger partial charge in [-0.3, -0.25) is 20.4 Å². The highest BCUT2D eigenvalue weighted by Crippen LogP contribution is 2.37. The number of rotatable bonds is 5. The van der Waals surface area contributed by atoms with Crippen molar-refractivity contribution in [1.82, 2.24) is 4.98 Å². The average Bonchev–Trinajstić information content (AvgIpc) is 2.74. The first-order valence-electron chi connectivity index (χ1n) is 8.82. The lowest BCUT2D eigenvalue weighted by molar-refractivity contribution is -0.384. The van der Waals surface area contributed by atoms with Crippen LogP contribution in [0.4, 0.5) is 11.5 Å². The van der Waals surface area contributed by atoms with E-state index >= 15 is 0 Å². The van der Waals surface area contributed by atoms with Gasteiger partial charge in [-0.25, -0.2) is 4.98 Å². The molecule has 4 rings (SSSR count). The Balaban J connectivity index is 1.85. The summed E-state index contributed by atoms with van der Waals surface area (Å²) < 4.78 is 0. The molecule has 144 valence electrons. The zero-order valence-corrected chi connectivity index (χ0v) is 15.1. The van der Waals surface area contributed by atoms with E-state index in [9.17, 15) is 20.3 Å². The molecule has 8 heteroatoms. The number of nitro groups is 1. The van der Waals surface area contributed by atoms with Gasteiger partial charge in [-0.15, -0.1) is 0 Å². The maximum absolute atomic E-state index is 11.0. The number of benzene rings is 2. The molecule has 29 heavy (non-hydrogen) atoms. The monoisotopic (exact) mass is 389 g/mol. The van der Waals surface area contributed by atoms with E-state index in [1.54, 1.807) is 42.7 Å². The largest absolute Gasteiger partial charge is 0.505 e. The molecule has 0 spiro atoms. The van der Waals surface area contributed by atoms with Gasteiger partial charge < -0.3 is 10.2 Å². The van der Waals surface area contributed by atoms with Crippen LogP contribution in [-0.4, -0.2) is 20.1 Å². The van der Waals surface area contributed by atoms with Crippen LogP contribution in [0.1, 0.15) is 17.2 Å². The van der Waals surface area contributed by atoms with Gasteiger partial charge >= 0.3 is 5.82 Å². The number of nitro benzene ring substituents is 1. The number of hydrogen-bond donors (Lipinski definition) is 3. The molecule has 0 aliphatic rings. The maximum atomic E-state index is 11.0. The highest BCUT2D eigenvalue weighted by Gasteiger charge is 2.26. The van der Waals surface area contributed by atoms with Crippen molar-refractivity contribution in [3.8, 4) is 11.5 Å². The second-order valence-electron chi connectivity index (χ2n) is 6.43. The normalized spacial score (nSPS) is 11.9. The summed E-state index contributed by atoms with van der Waals surface area (Å²) in [5.41, 5.74) is 1.59. The van der Waals surface area contributed by atoms with E-state index in [0.717, 1.165) is 5.39 Å². The van der Waals surface area contributed by atoms with Crippen LogP contribution in [0.2, 0.25) is 0 Å². The first kappa shape index (κ1) is 18.2. The number of H-pyrrole nitrogens is 1. The number of pyridine rings is 2. The number of phenolic OH excluding ortho intramolecular Hbond substituents is 1. The van der Waals surface area contributed by atoms with Crippen LogP contribution in [0.5, 0.6) is 11.5 Å². The Kier molecular flexibility index (Phi) is 4.66. The molecule has 2 heterocycles. The van der Waals surface area contributed by atoms with E-state index in [0.29, 0.717) is 22.5 Å². The van der Waals surface area contributed by atoms with Crippen LogP contribution in [0.25, 0.3) is 10.9 Å². The standard InChI is InChI=1S/C21H16N4O4/c26-17-4-2-12-23-21(17)24-18(14-5-8-15(9-6-14)25(28)29)16-10-7-13-3-1-11-22-19(13)20(16)27/h1-12,18,26-27H,(H,23,24)/p+1/t18-/m0/s1. The van der Waals surface area contributed by atoms with Crippen molar-refractivity contribution < 1.29 is 20.1 Å². The Morgan fingerprint density at radius 2 is 1.83 bits per heavy atom. The van der Waals surface area contributed by atoms with Crippen LogP contribution in [0.15, 0.2) is 73.1 Å². The second kappa shape index (κ2) is 7.43. The lowest BCUT2D eigenvalue weighted by atomic mass is 9.96. The fourth-order valence-electron chi connectivity index (χ4n) is 3.20. The van der Waals surface area contributed by atoms with E-state index in [-0.39, 0.29) is 17.2 Å². The number of non-ortho nitro benzene ring substituents is 1. The summed E-state index contributed by atoms with van der Waals surface area (Å²) in [5, 5.41) is 36.0. The second-order valence-corrected chi connectivity index (χ2v) is 6.43. The quantitative estimate of drug-likeness (QED) is 0.354. The molecule has 0 saturated carbocycles. The summed E-state index contributed by atoms with van der Waals surface area (Å²) in [6.45, 7) is 0. The molecular weight excluding hydrogens is 372 g/mol. The molecule has 0 bridgehead atoms. The van der Waals surface area contributed by atoms with Crippen molar-refractivity contribution >= 4 is 22.4 Å². The third-order valence-corrected chi connectivity index (χ3v) is 4.65. The fourth-order valence-corrected chi connectivity index (χ4v) is 3.20. The van der Waals surface area contributed by atoms with Crippen molar-refractivity contribution in [3.05, 3.63) is 94.3 Å². The van der Waals surface area contributed by atoms with Crippen molar-refractivity contribution in [2.24, 2.45) is 0 Å². The lowest BCUT2D eigenvalue weighted by Gasteiger charge is -2.18. The molecule has 0 aliphatic carbocycles. The molecule has 4 aromatic rings. The molecule has 1 atom stereocenters. The molecule has 0 saturated heterocycles. The molecule has 2 aromatic carbocycles. The van der Waals surface area contributed by atoms with Crippen molar-refractivity contribution in [3.63, 3.8) is 0 Å². The fraction of sp³-hybridized carbons (Fsp3) is 0.0476. The molecule has 0 amide bonds. The highest BCUT2D eigenvalue weighted by atomic mass is 16.6. The van der Waals surface area contributed by atoms with Crippen molar-refractivity contribution in [2.45, 2.75) is 6.04 Å². The van der Waals surface area contributed by atoms with Gasteiger partial charge in [0.25, 0.3) is 5.69 Å². The van der Waals surface area contributed by atoms with Gasteiger partial charge in [-0.1, -0.05) is 12.1 Å². The Labute approximate surface area is 165 Å². The minimum atomic E-state index is -0.605. The first-order valence-corrected chi connectivity index (χ1v) is 8.82. The zero-order valence-electron chi connectivity index (χ0n) is 15.1. The molecule has 2 aromatic heterocycles.